The van der Waals surface area contributed by atoms with Crippen LogP contribution in [-0.4, -0.2) is 50.9 Å². The molecule has 0 N–H and O–H groups in total. The van der Waals surface area contributed by atoms with Crippen LogP contribution in [0.3, 0.4) is 0 Å². The van der Waals surface area contributed by atoms with Gasteiger partial charge in [-0.15, -0.1) is 0 Å². The van der Waals surface area contributed by atoms with Gasteiger partial charge in [0.05, 0.1) is 38.0 Å². The number of Topliss-reactive ketones (excluding diaryl/α,β-unsaturated/α-hetero) is 1. The van der Waals surface area contributed by atoms with Gasteiger partial charge in [0, 0.05) is 47.2 Å². The molecule has 4 aromatic rings. The highest BCUT2D eigenvalue weighted by Gasteiger charge is 2.34. The summed E-state index contributed by atoms with van der Waals surface area (Å²) in [7, 11) is 3.24. The summed E-state index contributed by atoms with van der Waals surface area (Å²) >= 11 is 1.30. The Morgan fingerprint density at radius 3 is 2.54 bits per heavy atom. The van der Waals surface area contributed by atoms with Crippen LogP contribution in [0, 0.1) is 0 Å². The maximum Gasteiger partial charge on any atom is 0.271 e. The Labute approximate surface area is 241 Å². The predicted octanol–water partition coefficient (Wildman–Crippen LogP) is 3.83. The first kappa shape index (κ1) is 27.0. The number of aromatic nitrogens is 1. The minimum absolute atomic E-state index is 0.138. The highest BCUT2D eigenvalue weighted by atomic mass is 32.1. The number of anilines is 1. The Hall–Kier alpha value is -4.21. The van der Waals surface area contributed by atoms with Gasteiger partial charge in [0.25, 0.3) is 5.56 Å². The SMILES string of the molecule is COc1cc(N2CCOCC2)ccc1/C=c1\sc2n(c1=O)C(c1c(OC)ccc3ccccc13)C(C(C)=O)=C(C)N=2. The van der Waals surface area contributed by atoms with Gasteiger partial charge in [-0.05, 0) is 48.9 Å². The highest BCUT2D eigenvalue weighted by Crippen LogP contribution is 2.40. The fourth-order valence-electron chi connectivity index (χ4n) is 5.76. The number of carbonyl (C=O) groups excluding carboxylic acids is 1. The van der Waals surface area contributed by atoms with Crippen LogP contribution in [0.1, 0.15) is 31.0 Å². The summed E-state index contributed by atoms with van der Waals surface area (Å²) in [5.41, 5.74) is 3.46. The number of allylic oxidation sites excluding steroid dienone is 2. The van der Waals surface area contributed by atoms with Crippen LogP contribution < -0.4 is 29.3 Å². The van der Waals surface area contributed by atoms with Crippen molar-refractivity contribution in [3.8, 4) is 11.5 Å². The van der Waals surface area contributed by atoms with Crippen LogP contribution in [0.2, 0.25) is 0 Å². The van der Waals surface area contributed by atoms with Crippen molar-refractivity contribution in [1.29, 1.82) is 0 Å². The van der Waals surface area contributed by atoms with E-state index in [0.29, 0.717) is 45.3 Å². The van der Waals surface area contributed by atoms with Gasteiger partial charge in [-0.25, -0.2) is 4.99 Å². The molecule has 6 rings (SSSR count). The Morgan fingerprint density at radius 2 is 1.80 bits per heavy atom. The molecule has 210 valence electrons. The summed E-state index contributed by atoms with van der Waals surface area (Å²) in [5.74, 6) is 1.14. The summed E-state index contributed by atoms with van der Waals surface area (Å²) in [4.78, 5) is 34.8. The third-order valence-corrected chi connectivity index (χ3v) is 8.69. The van der Waals surface area contributed by atoms with Crippen molar-refractivity contribution in [2.75, 3.05) is 45.4 Å². The number of rotatable bonds is 6. The number of methoxy groups -OCH3 is 2. The lowest BCUT2D eigenvalue weighted by atomic mass is 9.89. The topological polar surface area (TPSA) is 82.4 Å². The summed E-state index contributed by atoms with van der Waals surface area (Å²) in [6.07, 6.45) is 1.84. The van der Waals surface area contributed by atoms with Crippen LogP contribution >= 0.6 is 11.3 Å². The molecule has 0 amide bonds. The molecule has 3 heterocycles. The van der Waals surface area contributed by atoms with Crippen LogP contribution in [0.25, 0.3) is 16.8 Å². The Morgan fingerprint density at radius 1 is 1.05 bits per heavy atom. The van der Waals surface area contributed by atoms with Crippen molar-refractivity contribution in [2.24, 2.45) is 4.99 Å². The molecule has 0 aliphatic carbocycles. The molecule has 0 spiro atoms. The standard InChI is InChI=1S/C32H31N3O5S/c1-19-28(20(2)36)30(29-24-8-6-5-7-21(24)10-12-25(29)38-3)35-31(37)27(41-32(35)33-19)17-22-9-11-23(18-26(22)39-4)34-13-15-40-16-14-34/h5-12,17-18,30H,13-16H2,1-4H3/b27-17-. The van der Waals surface area contributed by atoms with Crippen molar-refractivity contribution < 1.29 is 19.0 Å². The van der Waals surface area contributed by atoms with Crippen molar-refractivity contribution in [3.63, 3.8) is 0 Å². The van der Waals surface area contributed by atoms with E-state index in [1.54, 1.807) is 18.8 Å². The zero-order chi connectivity index (χ0) is 28.7. The molecule has 0 bridgehead atoms. The van der Waals surface area contributed by atoms with Crippen molar-refractivity contribution in [2.45, 2.75) is 19.9 Å². The van der Waals surface area contributed by atoms with Gasteiger partial charge >= 0.3 is 0 Å². The van der Waals surface area contributed by atoms with E-state index in [1.165, 1.54) is 18.3 Å². The van der Waals surface area contributed by atoms with Crippen LogP contribution in [-0.2, 0) is 9.53 Å². The molecule has 1 unspecified atom stereocenters. The van der Waals surface area contributed by atoms with Gasteiger partial charge in [0.15, 0.2) is 10.6 Å². The maximum atomic E-state index is 14.2. The number of ketones is 1. The molecule has 1 aromatic heterocycles. The molecule has 2 aliphatic rings. The summed E-state index contributed by atoms with van der Waals surface area (Å²) in [6, 6.07) is 17.1. The highest BCUT2D eigenvalue weighted by molar-refractivity contribution is 7.07. The van der Waals surface area contributed by atoms with Crippen molar-refractivity contribution in [3.05, 3.63) is 96.7 Å². The van der Waals surface area contributed by atoms with Gasteiger partial charge in [0.2, 0.25) is 0 Å². The number of thiazole rings is 1. The minimum Gasteiger partial charge on any atom is -0.496 e. The number of ether oxygens (including phenoxy) is 3. The molecule has 3 aromatic carbocycles. The molecule has 1 saturated heterocycles. The monoisotopic (exact) mass is 569 g/mol. The number of nitrogens with zero attached hydrogens (tertiary/aromatic N) is 3. The summed E-state index contributed by atoms with van der Waals surface area (Å²) in [6.45, 7) is 6.36. The molecule has 2 aliphatic heterocycles. The summed E-state index contributed by atoms with van der Waals surface area (Å²) < 4.78 is 19.2. The average Bonchev–Trinajstić information content (AvgIpc) is 3.30. The molecular formula is C32H31N3O5S. The molecule has 1 fully saturated rings. The zero-order valence-electron chi connectivity index (χ0n) is 23.5. The van der Waals surface area contributed by atoms with Gasteiger partial charge < -0.3 is 19.1 Å². The first-order chi connectivity index (χ1) is 19.9. The fraction of sp³-hybridized carbons (Fsp3) is 0.281. The fourth-order valence-corrected chi connectivity index (χ4v) is 6.80. The second kappa shape index (κ2) is 11.0. The molecule has 9 heteroatoms. The lowest BCUT2D eigenvalue weighted by Gasteiger charge is -2.29. The average molecular weight is 570 g/mol. The number of fused-ring (bicyclic) bond motifs is 2. The van der Waals surface area contributed by atoms with Gasteiger partial charge in [-0.3, -0.25) is 14.2 Å². The van der Waals surface area contributed by atoms with E-state index in [9.17, 15) is 9.59 Å². The molecule has 41 heavy (non-hydrogen) atoms. The van der Waals surface area contributed by atoms with Gasteiger partial charge in [-0.1, -0.05) is 41.7 Å². The molecule has 1 atom stereocenters. The number of morpholine rings is 1. The second-order valence-corrected chi connectivity index (χ2v) is 11.1. The third kappa shape index (κ3) is 4.75. The smallest absolute Gasteiger partial charge is 0.271 e. The minimum atomic E-state index is -0.683. The normalized spacial score (nSPS) is 17.4. The van der Waals surface area contributed by atoms with E-state index in [2.05, 4.69) is 4.90 Å². The molecule has 0 radical (unpaired) electrons. The second-order valence-electron chi connectivity index (χ2n) is 10.1. The first-order valence-electron chi connectivity index (χ1n) is 13.5. The number of hydrogen-bond acceptors (Lipinski definition) is 8. The van der Waals surface area contributed by atoms with E-state index in [-0.39, 0.29) is 11.3 Å². The first-order valence-corrected chi connectivity index (χ1v) is 14.3. The van der Waals surface area contributed by atoms with E-state index < -0.39 is 6.04 Å². The lowest BCUT2D eigenvalue weighted by Crippen LogP contribution is -2.39. The summed E-state index contributed by atoms with van der Waals surface area (Å²) in [5, 5.41) is 1.91. The van der Waals surface area contributed by atoms with Crippen molar-refractivity contribution >= 4 is 39.7 Å². The molecule has 0 saturated carbocycles. The molecule has 8 nitrogen and oxygen atoms in total. The molecular weight excluding hydrogens is 538 g/mol. The Bertz CT molecular complexity index is 1880. The van der Waals surface area contributed by atoms with Gasteiger partial charge in [0.1, 0.15) is 11.5 Å². The number of carbonyl (C=O) groups is 1. The van der Waals surface area contributed by atoms with Gasteiger partial charge in [-0.2, -0.15) is 0 Å². The van der Waals surface area contributed by atoms with E-state index in [4.69, 9.17) is 19.2 Å². The Balaban J connectivity index is 1.55. The lowest BCUT2D eigenvalue weighted by molar-refractivity contribution is -0.114. The Kier molecular flexibility index (Phi) is 7.23. The van der Waals surface area contributed by atoms with Crippen LogP contribution in [0.5, 0.6) is 11.5 Å². The van der Waals surface area contributed by atoms with E-state index >= 15 is 0 Å². The largest absolute Gasteiger partial charge is 0.496 e. The van der Waals surface area contributed by atoms with E-state index in [0.717, 1.165) is 40.7 Å². The van der Waals surface area contributed by atoms with Crippen molar-refractivity contribution in [1.82, 2.24) is 4.57 Å². The van der Waals surface area contributed by atoms with E-state index in [1.807, 2.05) is 67.6 Å². The quantitative estimate of drug-likeness (QED) is 0.351. The van der Waals surface area contributed by atoms with Crippen LogP contribution in [0.4, 0.5) is 5.69 Å². The van der Waals surface area contributed by atoms with Crippen LogP contribution in [0.15, 0.2) is 75.7 Å². The third-order valence-electron chi connectivity index (χ3n) is 7.70. The predicted molar refractivity (Wildman–Crippen MR) is 161 cm³/mol. The maximum absolute atomic E-state index is 14.2. The number of hydrogen-bond donors (Lipinski definition) is 0. The number of benzene rings is 3. The zero-order valence-corrected chi connectivity index (χ0v) is 24.3.